The molecule has 6 rings (SSSR count). The fourth-order valence-electron chi connectivity index (χ4n) is 4.60. The van der Waals surface area contributed by atoms with Crippen LogP contribution in [0.1, 0.15) is 40.3 Å². The molecule has 0 radical (unpaired) electrons. The zero-order valence-corrected chi connectivity index (χ0v) is 21.7. The largest absolute Gasteiger partial charge is 0.369 e. The molecule has 1 amide bonds. The molecule has 1 unspecified atom stereocenters. The molecule has 1 atom stereocenters. The molecule has 11 heteroatoms. The van der Waals surface area contributed by atoms with Crippen molar-refractivity contribution >= 4 is 28.3 Å². The number of nitrogens with two attached hydrogens (primary N) is 1. The number of para-hydroxylation sites is 1. The SMILES string of the molecule is CC(NC(=O)c1c(N)nc[n+]2cc[nH]c12)c1nc2cccc(C#Cc3cnn(C)c3)c2c(=O)n1-c1ccccc1. The van der Waals surface area contributed by atoms with Crippen LogP contribution >= 0.6 is 0 Å². The summed E-state index contributed by atoms with van der Waals surface area (Å²) in [7, 11) is 1.81. The smallest absolute Gasteiger partial charge is 0.267 e. The van der Waals surface area contributed by atoms with E-state index in [9.17, 15) is 9.59 Å². The molecule has 2 aromatic carbocycles. The van der Waals surface area contributed by atoms with Gasteiger partial charge in [-0.3, -0.25) is 23.8 Å². The van der Waals surface area contributed by atoms with Crippen LogP contribution in [0.15, 0.2) is 84.4 Å². The minimum atomic E-state index is -0.676. The maximum absolute atomic E-state index is 14.1. The Morgan fingerprint density at radius 2 is 1.98 bits per heavy atom. The van der Waals surface area contributed by atoms with E-state index in [-0.39, 0.29) is 16.9 Å². The lowest BCUT2D eigenvalue weighted by Crippen LogP contribution is -2.35. The highest BCUT2D eigenvalue weighted by atomic mass is 16.2. The van der Waals surface area contributed by atoms with E-state index in [0.29, 0.717) is 33.6 Å². The third-order valence-electron chi connectivity index (χ3n) is 6.47. The van der Waals surface area contributed by atoms with Crippen molar-refractivity contribution < 1.29 is 9.20 Å². The van der Waals surface area contributed by atoms with E-state index in [2.05, 4.69) is 32.2 Å². The van der Waals surface area contributed by atoms with Gasteiger partial charge in [-0.2, -0.15) is 5.10 Å². The molecule has 0 aliphatic carbocycles. The zero-order chi connectivity index (χ0) is 27.8. The number of anilines is 1. The van der Waals surface area contributed by atoms with Gasteiger partial charge < -0.3 is 11.1 Å². The van der Waals surface area contributed by atoms with Gasteiger partial charge in [0.25, 0.3) is 11.5 Å². The van der Waals surface area contributed by atoms with Crippen molar-refractivity contribution in [2.75, 3.05) is 5.73 Å². The summed E-state index contributed by atoms with van der Waals surface area (Å²) in [6.45, 7) is 1.77. The topological polar surface area (TPSA) is 141 Å². The van der Waals surface area contributed by atoms with Crippen LogP contribution in [0.2, 0.25) is 0 Å². The highest BCUT2D eigenvalue weighted by Gasteiger charge is 2.26. The van der Waals surface area contributed by atoms with Gasteiger partial charge in [-0.05, 0) is 31.2 Å². The molecule has 0 saturated heterocycles. The summed E-state index contributed by atoms with van der Waals surface area (Å²) in [4.78, 5) is 39.6. The van der Waals surface area contributed by atoms with Crippen LogP contribution in [0.4, 0.5) is 5.82 Å². The maximum Gasteiger partial charge on any atom is 0.267 e. The summed E-state index contributed by atoms with van der Waals surface area (Å²) in [6.07, 6.45) is 8.40. The van der Waals surface area contributed by atoms with Crippen LogP contribution in [0.3, 0.4) is 0 Å². The van der Waals surface area contributed by atoms with Crippen molar-refractivity contribution in [1.29, 1.82) is 0 Å². The number of H-pyrrole nitrogens is 1. The molecule has 4 heterocycles. The van der Waals surface area contributed by atoms with Gasteiger partial charge in [0, 0.05) is 18.8 Å². The van der Waals surface area contributed by atoms with Gasteiger partial charge in [-0.1, -0.05) is 41.1 Å². The van der Waals surface area contributed by atoms with Gasteiger partial charge in [0.2, 0.25) is 17.8 Å². The number of carbonyl (C=O) groups is 1. The van der Waals surface area contributed by atoms with E-state index in [0.717, 1.165) is 5.56 Å². The van der Waals surface area contributed by atoms with Gasteiger partial charge >= 0.3 is 0 Å². The average molecular weight is 531 g/mol. The maximum atomic E-state index is 14.1. The van der Waals surface area contributed by atoms with Crippen molar-refractivity contribution in [2.45, 2.75) is 13.0 Å². The minimum absolute atomic E-state index is 0.0795. The standard InChI is InChI=1S/C29H23N9O2/c1-18(34-28(39)24-25(30)32-17-37-14-13-31-27(24)37)26-35-22-10-6-7-20(12-11-19-15-33-36(2)16-19)23(22)29(40)38(26)21-8-4-3-5-9-21/h3-10,13-18H,1-2H3,(H3,30,31,34,39)/p+1. The number of hydrogen-bond acceptors (Lipinski definition) is 6. The predicted octanol–water partition coefficient (Wildman–Crippen LogP) is 2.05. The van der Waals surface area contributed by atoms with Gasteiger partial charge in [0.15, 0.2) is 5.56 Å². The molecule has 0 aliphatic heterocycles. The zero-order valence-electron chi connectivity index (χ0n) is 21.7. The molecule has 0 spiro atoms. The molecule has 0 aliphatic rings. The number of imidazole rings is 1. The van der Waals surface area contributed by atoms with Crippen molar-refractivity contribution in [1.82, 2.24) is 34.6 Å². The first-order valence-electron chi connectivity index (χ1n) is 12.5. The highest BCUT2D eigenvalue weighted by Crippen LogP contribution is 2.21. The molecular weight excluding hydrogens is 506 g/mol. The van der Waals surface area contributed by atoms with E-state index in [1.54, 1.807) is 59.0 Å². The van der Waals surface area contributed by atoms with E-state index >= 15 is 0 Å². The van der Waals surface area contributed by atoms with Gasteiger partial charge in [-0.15, -0.1) is 0 Å². The molecular formula is C29H24N9O2+. The molecule has 11 nitrogen and oxygen atoms in total. The Balaban J connectivity index is 1.48. The first-order valence-corrected chi connectivity index (χ1v) is 12.5. The number of nitrogens with one attached hydrogen (secondary N) is 2. The van der Waals surface area contributed by atoms with E-state index in [4.69, 9.17) is 10.7 Å². The van der Waals surface area contributed by atoms with Gasteiger partial charge in [0.05, 0.1) is 40.6 Å². The van der Waals surface area contributed by atoms with Crippen molar-refractivity contribution in [3.8, 4) is 17.5 Å². The number of nitrogens with zero attached hydrogens (tertiary/aromatic N) is 6. The number of hydrogen-bond donors (Lipinski definition) is 3. The average Bonchev–Trinajstić information content (AvgIpc) is 3.60. The minimum Gasteiger partial charge on any atom is -0.369 e. The summed E-state index contributed by atoms with van der Waals surface area (Å²) in [6, 6.07) is 13.8. The van der Waals surface area contributed by atoms with Crippen molar-refractivity contribution in [3.05, 3.63) is 113 Å². The summed E-state index contributed by atoms with van der Waals surface area (Å²) in [5.41, 5.74) is 8.82. The Morgan fingerprint density at radius 1 is 1.15 bits per heavy atom. The molecule has 40 heavy (non-hydrogen) atoms. The van der Waals surface area contributed by atoms with Crippen molar-refractivity contribution in [3.63, 3.8) is 0 Å². The summed E-state index contributed by atoms with van der Waals surface area (Å²) in [5, 5.41) is 7.47. The fourth-order valence-corrected chi connectivity index (χ4v) is 4.60. The molecule has 6 aromatic rings. The number of benzene rings is 2. The Bertz CT molecular complexity index is 2030. The normalized spacial score (nSPS) is 11.8. The molecule has 0 fully saturated rings. The van der Waals surface area contributed by atoms with Crippen LogP contribution in [-0.2, 0) is 7.05 Å². The van der Waals surface area contributed by atoms with Crippen LogP contribution in [0, 0.1) is 11.8 Å². The van der Waals surface area contributed by atoms with Crippen molar-refractivity contribution in [2.24, 2.45) is 7.05 Å². The van der Waals surface area contributed by atoms with E-state index < -0.39 is 11.9 Å². The summed E-state index contributed by atoms with van der Waals surface area (Å²) in [5.74, 6) is 6.16. The first-order chi connectivity index (χ1) is 19.4. The van der Waals surface area contributed by atoms with Crippen LogP contribution < -0.4 is 21.0 Å². The van der Waals surface area contributed by atoms with Gasteiger partial charge in [-0.25, -0.2) is 9.38 Å². The monoisotopic (exact) mass is 530 g/mol. The molecule has 0 bridgehead atoms. The molecule has 0 saturated carbocycles. The lowest BCUT2D eigenvalue weighted by atomic mass is 10.1. The number of carbonyl (C=O) groups excluding carboxylic acids is 1. The van der Waals surface area contributed by atoms with E-state index in [1.165, 1.54) is 10.9 Å². The first kappa shape index (κ1) is 24.6. The number of rotatable bonds is 4. The molecule has 4 N–H and O–H groups in total. The third-order valence-corrected chi connectivity index (χ3v) is 6.47. The second-order valence-corrected chi connectivity index (χ2v) is 9.21. The molecule has 196 valence electrons. The Labute approximate surface area is 227 Å². The van der Waals surface area contributed by atoms with Crippen LogP contribution in [0.5, 0.6) is 0 Å². The van der Waals surface area contributed by atoms with Gasteiger partial charge in [0.1, 0.15) is 12.0 Å². The summed E-state index contributed by atoms with van der Waals surface area (Å²) < 4.78 is 4.84. The number of aromatic amines is 1. The Hall–Kier alpha value is -5.76. The molecule has 4 aromatic heterocycles. The number of nitrogen functional groups attached to an aromatic ring is 1. The quantitative estimate of drug-likeness (QED) is 0.235. The fraction of sp³-hybridized carbons (Fsp3) is 0.103. The second-order valence-electron chi connectivity index (χ2n) is 9.21. The lowest BCUT2D eigenvalue weighted by Gasteiger charge is -2.20. The third kappa shape index (κ3) is 4.33. The van der Waals surface area contributed by atoms with E-state index in [1.807, 2.05) is 37.4 Å². The second kappa shape index (κ2) is 9.85. The Kier molecular flexibility index (Phi) is 6.05. The predicted molar refractivity (Wildman–Crippen MR) is 149 cm³/mol. The highest BCUT2D eigenvalue weighted by molar-refractivity contribution is 6.03. The Morgan fingerprint density at radius 3 is 2.75 bits per heavy atom. The number of aromatic nitrogens is 7. The number of amides is 1. The number of fused-ring (bicyclic) bond motifs is 2. The van der Waals surface area contributed by atoms with Crippen LogP contribution in [-0.4, -0.2) is 35.2 Å². The summed E-state index contributed by atoms with van der Waals surface area (Å²) >= 11 is 0. The lowest BCUT2D eigenvalue weighted by molar-refractivity contribution is -0.513. The van der Waals surface area contributed by atoms with Crippen LogP contribution in [0.25, 0.3) is 22.2 Å². The number of aryl methyl sites for hydroxylation is 1.